The van der Waals surface area contributed by atoms with Crippen LogP contribution in [0.5, 0.6) is 0 Å². The van der Waals surface area contributed by atoms with Gasteiger partial charge in [-0.2, -0.15) is 23.5 Å². The first-order valence-corrected chi connectivity index (χ1v) is 19.5. The number of urea groups is 1. The molecule has 0 atom stereocenters. The van der Waals surface area contributed by atoms with Crippen molar-refractivity contribution >= 4 is 68.8 Å². The Morgan fingerprint density at radius 3 is 2.26 bits per heavy atom. The van der Waals surface area contributed by atoms with Gasteiger partial charge in [-0.05, 0) is 100 Å². The van der Waals surface area contributed by atoms with E-state index in [2.05, 4.69) is 20.1 Å². The lowest BCUT2D eigenvalue weighted by Crippen LogP contribution is -2.49. The summed E-state index contributed by atoms with van der Waals surface area (Å²) in [5, 5.41) is 17.2. The van der Waals surface area contributed by atoms with E-state index in [0.29, 0.717) is 23.8 Å². The van der Waals surface area contributed by atoms with Gasteiger partial charge in [-0.15, -0.1) is 0 Å². The monoisotopic (exact) mass is 798 g/mol. The van der Waals surface area contributed by atoms with Crippen molar-refractivity contribution in [1.82, 2.24) is 25.0 Å². The number of anilines is 4. The zero-order valence-electron chi connectivity index (χ0n) is 31.5. The molecule has 296 valence electrons. The van der Waals surface area contributed by atoms with Crippen molar-refractivity contribution in [3.8, 4) is 6.07 Å². The second-order valence-corrected chi connectivity index (χ2v) is 15.9. The molecule has 0 bridgehead atoms. The molecule has 2 aromatic carbocycles. The first-order valence-electron chi connectivity index (χ1n) is 19.0. The number of imide groups is 1. The molecule has 4 amide bonds. The lowest BCUT2D eigenvalue weighted by Gasteiger charge is -2.38. The van der Waals surface area contributed by atoms with E-state index in [1.54, 1.807) is 48.3 Å². The fraction of sp³-hybridized carbons (Fsp3) is 0.425. The van der Waals surface area contributed by atoms with Crippen LogP contribution in [0.15, 0.2) is 61.1 Å². The highest BCUT2D eigenvalue weighted by molar-refractivity contribution is 7.81. The minimum absolute atomic E-state index is 0.0412. The predicted molar refractivity (Wildman–Crippen MR) is 212 cm³/mol. The quantitative estimate of drug-likeness (QED) is 0.214. The third-order valence-corrected chi connectivity index (χ3v) is 12.1. The number of carbonyl (C=O) groups is 3. The molecule has 0 aliphatic carbocycles. The molecule has 13 nitrogen and oxygen atoms in total. The van der Waals surface area contributed by atoms with Crippen molar-refractivity contribution in [3.63, 3.8) is 0 Å². The van der Waals surface area contributed by atoms with Gasteiger partial charge in [0.05, 0.1) is 58.7 Å². The van der Waals surface area contributed by atoms with Crippen LogP contribution in [0, 0.1) is 17.2 Å². The highest BCUT2D eigenvalue weighted by Gasteiger charge is 2.51. The summed E-state index contributed by atoms with van der Waals surface area (Å²) in [5.41, 5.74) is 0.380. The summed E-state index contributed by atoms with van der Waals surface area (Å²) in [4.78, 5) is 51.5. The van der Waals surface area contributed by atoms with E-state index in [4.69, 9.17) is 17.3 Å². The fourth-order valence-electron chi connectivity index (χ4n) is 8.60. The Balaban J connectivity index is 0.857. The van der Waals surface area contributed by atoms with Crippen LogP contribution >= 0.6 is 12.2 Å². The number of hydrogen-bond donors (Lipinski definition) is 1. The average Bonchev–Trinajstić information content (AvgIpc) is 3.70. The van der Waals surface area contributed by atoms with Gasteiger partial charge in [0.25, 0.3) is 5.91 Å². The number of nitriles is 1. The molecule has 4 aromatic rings. The minimum atomic E-state index is -4.77. The second-order valence-electron chi connectivity index (χ2n) is 15.6. The first kappa shape index (κ1) is 38.3. The van der Waals surface area contributed by atoms with E-state index in [1.807, 2.05) is 28.9 Å². The lowest BCUT2D eigenvalue weighted by atomic mass is 9.94. The summed E-state index contributed by atoms with van der Waals surface area (Å²) >= 11 is 5.71. The number of rotatable bonds is 7. The number of benzene rings is 2. The van der Waals surface area contributed by atoms with Gasteiger partial charge in [-0.25, -0.2) is 4.79 Å². The van der Waals surface area contributed by atoms with Crippen LogP contribution in [0.25, 0.3) is 10.9 Å². The van der Waals surface area contributed by atoms with Crippen molar-refractivity contribution in [2.24, 2.45) is 5.92 Å². The van der Waals surface area contributed by atoms with E-state index in [-0.39, 0.29) is 29.2 Å². The highest BCUT2D eigenvalue weighted by atomic mass is 32.1. The number of thiocarbonyl (C=S) groups is 1. The van der Waals surface area contributed by atoms with Crippen molar-refractivity contribution < 1.29 is 27.6 Å². The Kier molecular flexibility index (Phi) is 9.89. The molecular formula is C40H41F3N10O3S. The van der Waals surface area contributed by atoms with Gasteiger partial charge in [0.15, 0.2) is 5.11 Å². The maximum absolute atomic E-state index is 13.7. The number of piperidine rings is 2. The van der Waals surface area contributed by atoms with E-state index < -0.39 is 34.8 Å². The molecule has 4 aliphatic rings. The van der Waals surface area contributed by atoms with E-state index >= 15 is 0 Å². The third-order valence-electron chi connectivity index (χ3n) is 11.7. The molecule has 4 fully saturated rings. The van der Waals surface area contributed by atoms with Crippen LogP contribution in [0.1, 0.15) is 63.1 Å². The van der Waals surface area contributed by atoms with Gasteiger partial charge >= 0.3 is 12.2 Å². The average molecular weight is 799 g/mol. The van der Waals surface area contributed by atoms with E-state index in [9.17, 15) is 32.8 Å². The third kappa shape index (κ3) is 7.05. The van der Waals surface area contributed by atoms with Crippen molar-refractivity contribution in [3.05, 3.63) is 72.2 Å². The number of aromatic nitrogens is 3. The number of likely N-dealkylation sites (tertiary alicyclic amines) is 1. The Labute approximate surface area is 332 Å². The standard InChI is InChI=1S/C40H41F3N10O3S/c1-39(2)36(55)51(30-4-3-26(20-44)32(19-30)40(41,42)43)38(57)52(39)28-7-5-27(6-8-28)49-16-9-25(10-17-49)24-48-14-11-29(12-15-48)53-34-23-45-22-33(31(34)21-46-53)50-18-13-35(54)47-37(50)56/h3-8,19,21-23,25,29H,9-18,24H2,1-2H3,(H,47,54,56). The number of nitrogens with one attached hydrogen (secondary N) is 1. The van der Waals surface area contributed by atoms with Crippen molar-refractivity contribution in [2.45, 2.75) is 63.7 Å². The van der Waals surface area contributed by atoms with Gasteiger partial charge in [0.2, 0.25) is 5.91 Å². The van der Waals surface area contributed by atoms with Crippen LogP contribution in [-0.2, 0) is 15.8 Å². The Hall–Kier alpha value is -5.60. The van der Waals surface area contributed by atoms with Crippen LogP contribution in [0.2, 0.25) is 0 Å². The molecule has 4 saturated heterocycles. The summed E-state index contributed by atoms with van der Waals surface area (Å²) < 4.78 is 43.3. The smallest absolute Gasteiger partial charge is 0.372 e. The molecule has 17 heteroatoms. The molecule has 0 saturated carbocycles. The van der Waals surface area contributed by atoms with Gasteiger partial charge in [-0.1, -0.05) is 0 Å². The van der Waals surface area contributed by atoms with E-state index in [0.717, 1.165) is 92.0 Å². The number of pyridine rings is 1. The van der Waals surface area contributed by atoms with Crippen LogP contribution in [-0.4, -0.2) is 87.4 Å². The molecule has 1 N–H and O–H groups in total. The Bertz CT molecular complexity index is 2290. The summed E-state index contributed by atoms with van der Waals surface area (Å²) in [6.45, 7) is 8.43. The van der Waals surface area contributed by atoms with Crippen LogP contribution in [0.4, 0.5) is 40.7 Å². The molecule has 0 unspecified atom stereocenters. The molecule has 6 heterocycles. The van der Waals surface area contributed by atoms with Gasteiger partial charge < -0.3 is 14.7 Å². The molecular weight excluding hydrogens is 758 g/mol. The molecule has 0 spiro atoms. The summed E-state index contributed by atoms with van der Waals surface area (Å²) in [6.07, 6.45) is 4.70. The van der Waals surface area contributed by atoms with Crippen LogP contribution in [0.3, 0.4) is 0 Å². The summed E-state index contributed by atoms with van der Waals surface area (Å²) in [5.74, 6) is -0.177. The Morgan fingerprint density at radius 1 is 0.912 bits per heavy atom. The molecule has 57 heavy (non-hydrogen) atoms. The van der Waals surface area contributed by atoms with Crippen LogP contribution < -0.4 is 24.9 Å². The number of hydrogen-bond acceptors (Lipinski definition) is 9. The number of halogens is 3. The number of nitrogens with zero attached hydrogens (tertiary/aromatic N) is 9. The van der Waals surface area contributed by atoms with Gasteiger partial charge in [-0.3, -0.25) is 34.4 Å². The maximum Gasteiger partial charge on any atom is 0.417 e. The first-order chi connectivity index (χ1) is 27.2. The summed E-state index contributed by atoms with van der Waals surface area (Å²) in [6, 6.07) is 12.3. The molecule has 4 aliphatic heterocycles. The lowest BCUT2D eigenvalue weighted by molar-refractivity contribution is -0.137. The highest BCUT2D eigenvalue weighted by Crippen LogP contribution is 2.40. The topological polar surface area (TPSA) is 134 Å². The summed E-state index contributed by atoms with van der Waals surface area (Å²) in [7, 11) is 0. The molecule has 2 aromatic heterocycles. The SMILES string of the molecule is CC1(C)C(=O)N(c2ccc(C#N)c(C(F)(F)F)c2)C(=S)N1c1ccc(N2CCC(CN3CCC(n4ncc5c(N6CCC(=O)NC6=O)cncc54)CC3)CC2)cc1. The van der Waals surface area contributed by atoms with Gasteiger partial charge in [0, 0.05) is 62.5 Å². The Morgan fingerprint density at radius 2 is 1.60 bits per heavy atom. The number of amides is 4. The second kappa shape index (κ2) is 14.7. The molecule has 8 rings (SSSR count). The van der Waals surface area contributed by atoms with Crippen molar-refractivity contribution in [2.75, 3.05) is 58.9 Å². The zero-order chi connectivity index (χ0) is 40.2. The predicted octanol–water partition coefficient (Wildman–Crippen LogP) is 6.24. The van der Waals surface area contributed by atoms with Gasteiger partial charge in [0.1, 0.15) is 5.54 Å². The number of alkyl halides is 3. The number of carbonyl (C=O) groups excluding carboxylic acids is 3. The zero-order valence-corrected chi connectivity index (χ0v) is 32.3. The fourth-order valence-corrected chi connectivity index (χ4v) is 9.13. The minimum Gasteiger partial charge on any atom is -0.372 e. The largest absolute Gasteiger partial charge is 0.417 e. The van der Waals surface area contributed by atoms with E-state index in [1.165, 1.54) is 6.07 Å². The maximum atomic E-state index is 13.7. The van der Waals surface area contributed by atoms with Crippen molar-refractivity contribution in [1.29, 1.82) is 5.26 Å². The number of fused-ring (bicyclic) bond motifs is 1. The normalized spacial score (nSPS) is 20.1. The molecule has 0 radical (unpaired) electrons.